The summed E-state index contributed by atoms with van der Waals surface area (Å²) in [4.78, 5) is 27.8. The Bertz CT molecular complexity index is 1020. The maximum atomic E-state index is 13.5. The van der Waals surface area contributed by atoms with Gasteiger partial charge >= 0.3 is 0 Å². The summed E-state index contributed by atoms with van der Waals surface area (Å²) in [5.74, 6) is 0.725. The fraction of sp³-hybridized carbons (Fsp3) is 0.423. The van der Waals surface area contributed by atoms with Crippen molar-refractivity contribution in [3.05, 3.63) is 59.7 Å². The van der Waals surface area contributed by atoms with E-state index in [1.165, 1.54) is 5.01 Å². The molecule has 1 aliphatic heterocycles. The summed E-state index contributed by atoms with van der Waals surface area (Å²) >= 11 is 0. The van der Waals surface area contributed by atoms with Crippen molar-refractivity contribution in [2.75, 3.05) is 41.0 Å². The van der Waals surface area contributed by atoms with E-state index in [0.29, 0.717) is 31.1 Å². The van der Waals surface area contributed by atoms with Gasteiger partial charge in [-0.05, 0) is 17.7 Å². The van der Waals surface area contributed by atoms with Gasteiger partial charge in [0, 0.05) is 37.6 Å². The molecule has 0 saturated carbocycles. The van der Waals surface area contributed by atoms with E-state index in [-0.39, 0.29) is 30.3 Å². The number of hydrogen-bond donors (Lipinski definition) is 0. The lowest BCUT2D eigenvalue weighted by Crippen LogP contribution is -2.44. The topological polar surface area (TPSA) is 80.7 Å². The smallest absolute Gasteiger partial charge is 0.262 e. The third-order valence-corrected chi connectivity index (χ3v) is 5.77. The highest BCUT2D eigenvalue weighted by atomic mass is 16.5. The molecule has 1 aliphatic rings. The molecule has 1 atom stereocenters. The lowest BCUT2D eigenvalue weighted by atomic mass is 9.98. The number of hydrogen-bond acceptors (Lipinski definition) is 6. The molecular weight excluding hydrogens is 434 g/mol. The molecule has 2 aromatic carbocycles. The van der Waals surface area contributed by atoms with E-state index in [2.05, 4.69) is 0 Å². The van der Waals surface area contributed by atoms with E-state index in [1.807, 2.05) is 56.3 Å². The van der Waals surface area contributed by atoms with Gasteiger partial charge in [0.05, 0.1) is 32.6 Å². The Balaban J connectivity index is 1.94. The third kappa shape index (κ3) is 5.75. The van der Waals surface area contributed by atoms with Crippen LogP contribution in [0, 0.1) is 5.92 Å². The van der Waals surface area contributed by atoms with Crippen LogP contribution in [-0.4, -0.2) is 68.5 Å². The number of carbonyl (C=O) groups excluding carboxylic acids is 2. The van der Waals surface area contributed by atoms with E-state index in [0.717, 1.165) is 16.8 Å². The molecule has 8 heteroatoms. The summed E-state index contributed by atoms with van der Waals surface area (Å²) in [7, 11) is 4.77. The van der Waals surface area contributed by atoms with Crippen LogP contribution >= 0.6 is 0 Å². The molecule has 0 radical (unpaired) electrons. The molecule has 2 aromatic rings. The van der Waals surface area contributed by atoms with Crippen molar-refractivity contribution in [2.45, 2.75) is 26.3 Å². The molecule has 182 valence electrons. The number of amides is 2. The number of methoxy groups -OCH3 is 3. The van der Waals surface area contributed by atoms with Gasteiger partial charge in [-0.3, -0.25) is 9.59 Å². The zero-order chi connectivity index (χ0) is 24.7. The monoisotopic (exact) mass is 467 g/mol. The molecule has 0 aromatic heterocycles. The summed E-state index contributed by atoms with van der Waals surface area (Å²) < 4.78 is 16.0. The van der Waals surface area contributed by atoms with E-state index in [9.17, 15) is 9.59 Å². The van der Waals surface area contributed by atoms with Crippen LogP contribution in [0.3, 0.4) is 0 Å². The first-order valence-corrected chi connectivity index (χ1v) is 11.3. The quantitative estimate of drug-likeness (QED) is 0.534. The van der Waals surface area contributed by atoms with Crippen LogP contribution in [0.5, 0.6) is 11.5 Å². The van der Waals surface area contributed by atoms with Gasteiger partial charge in [0.15, 0.2) is 0 Å². The van der Waals surface area contributed by atoms with E-state index < -0.39 is 0 Å². The minimum atomic E-state index is -0.283. The first kappa shape index (κ1) is 25.2. The van der Waals surface area contributed by atoms with Crippen LogP contribution < -0.4 is 9.47 Å². The van der Waals surface area contributed by atoms with Gasteiger partial charge < -0.3 is 19.1 Å². The number of nitrogens with zero attached hydrogens (tertiary/aromatic N) is 3. The first-order valence-electron chi connectivity index (χ1n) is 11.3. The molecule has 3 rings (SSSR count). The second-order valence-corrected chi connectivity index (χ2v) is 8.39. The van der Waals surface area contributed by atoms with E-state index in [4.69, 9.17) is 19.3 Å². The van der Waals surface area contributed by atoms with Gasteiger partial charge in [0.25, 0.3) is 5.91 Å². The average molecular weight is 468 g/mol. The summed E-state index contributed by atoms with van der Waals surface area (Å²) in [5.41, 5.74) is 2.51. The maximum Gasteiger partial charge on any atom is 0.262 e. The number of carbonyl (C=O) groups is 2. The molecule has 0 N–H and O–H groups in total. The fourth-order valence-corrected chi connectivity index (χ4v) is 3.94. The zero-order valence-electron chi connectivity index (χ0n) is 20.5. The summed E-state index contributed by atoms with van der Waals surface area (Å²) in [6.07, 6.45) is 0.522. The Morgan fingerprint density at radius 2 is 1.82 bits per heavy atom. The summed E-state index contributed by atoms with van der Waals surface area (Å²) in [6.45, 7) is 4.26. The molecule has 2 amide bonds. The molecule has 0 spiro atoms. The number of hydrazone groups is 1. The van der Waals surface area contributed by atoms with Crippen LogP contribution in [-0.2, 0) is 14.3 Å². The second kappa shape index (κ2) is 11.7. The normalized spacial score (nSPS) is 15.3. The largest absolute Gasteiger partial charge is 0.497 e. The van der Waals surface area contributed by atoms with Crippen molar-refractivity contribution >= 4 is 17.5 Å². The van der Waals surface area contributed by atoms with Crippen LogP contribution in [0.4, 0.5) is 0 Å². The Kier molecular flexibility index (Phi) is 8.65. The van der Waals surface area contributed by atoms with Crippen molar-refractivity contribution in [1.82, 2.24) is 9.91 Å². The summed E-state index contributed by atoms with van der Waals surface area (Å²) in [6, 6.07) is 15.0. The lowest BCUT2D eigenvalue weighted by Gasteiger charge is -2.28. The standard InChI is InChI=1S/C26H33N3O5/c1-18(2)26(31)28(13-14-32-3)17-25(30)29-23(19-9-7-6-8-10-19)16-22(27-29)21-12-11-20(33-4)15-24(21)34-5/h6-12,15,18,23H,13-14,16-17H2,1-5H3/t23-/m0/s1. The predicted octanol–water partition coefficient (Wildman–Crippen LogP) is 3.51. The van der Waals surface area contributed by atoms with Gasteiger partial charge in [0.1, 0.15) is 18.0 Å². The predicted molar refractivity (Wildman–Crippen MR) is 130 cm³/mol. The number of benzene rings is 2. The van der Waals surface area contributed by atoms with Gasteiger partial charge in [-0.25, -0.2) is 5.01 Å². The highest BCUT2D eigenvalue weighted by molar-refractivity contribution is 6.05. The Labute approximate surface area is 201 Å². The molecule has 1 heterocycles. The molecule has 0 aliphatic carbocycles. The van der Waals surface area contributed by atoms with E-state index in [1.54, 1.807) is 32.3 Å². The van der Waals surface area contributed by atoms with Gasteiger partial charge in [-0.15, -0.1) is 0 Å². The second-order valence-electron chi connectivity index (χ2n) is 8.39. The molecule has 0 saturated heterocycles. The molecule has 0 bridgehead atoms. The Hall–Kier alpha value is -3.39. The number of ether oxygens (including phenoxy) is 3. The minimum absolute atomic E-state index is 0.0692. The van der Waals surface area contributed by atoms with Crippen molar-refractivity contribution in [3.8, 4) is 11.5 Å². The van der Waals surface area contributed by atoms with Gasteiger partial charge in [0.2, 0.25) is 5.91 Å². The number of rotatable bonds is 10. The lowest BCUT2D eigenvalue weighted by molar-refractivity contribution is -0.143. The van der Waals surface area contributed by atoms with Gasteiger partial charge in [-0.2, -0.15) is 5.10 Å². The third-order valence-electron chi connectivity index (χ3n) is 5.77. The molecule has 0 fully saturated rings. The van der Waals surface area contributed by atoms with Crippen molar-refractivity contribution in [1.29, 1.82) is 0 Å². The molecular formula is C26H33N3O5. The van der Waals surface area contributed by atoms with Crippen LogP contribution in [0.1, 0.15) is 37.4 Å². The highest BCUT2D eigenvalue weighted by Gasteiger charge is 2.35. The minimum Gasteiger partial charge on any atom is -0.497 e. The van der Waals surface area contributed by atoms with Crippen LogP contribution in [0.15, 0.2) is 53.6 Å². The average Bonchev–Trinajstić information content (AvgIpc) is 3.31. The van der Waals surface area contributed by atoms with Gasteiger partial charge in [-0.1, -0.05) is 44.2 Å². The highest BCUT2D eigenvalue weighted by Crippen LogP contribution is 2.36. The Morgan fingerprint density at radius 1 is 1.09 bits per heavy atom. The van der Waals surface area contributed by atoms with Crippen LogP contribution in [0.25, 0.3) is 0 Å². The Morgan fingerprint density at radius 3 is 2.44 bits per heavy atom. The van der Waals surface area contributed by atoms with Crippen molar-refractivity contribution < 1.29 is 23.8 Å². The van der Waals surface area contributed by atoms with Crippen molar-refractivity contribution in [3.63, 3.8) is 0 Å². The van der Waals surface area contributed by atoms with E-state index >= 15 is 0 Å². The molecule has 34 heavy (non-hydrogen) atoms. The molecule has 0 unspecified atom stereocenters. The first-order chi connectivity index (χ1) is 16.4. The molecule has 8 nitrogen and oxygen atoms in total. The SMILES string of the molecule is COCCN(CC(=O)N1N=C(c2ccc(OC)cc2OC)C[C@H]1c1ccccc1)C(=O)C(C)C. The maximum absolute atomic E-state index is 13.5. The van der Waals surface area contributed by atoms with Crippen molar-refractivity contribution in [2.24, 2.45) is 11.0 Å². The van der Waals surface area contributed by atoms with Crippen LogP contribution in [0.2, 0.25) is 0 Å². The fourth-order valence-electron chi connectivity index (χ4n) is 3.94. The zero-order valence-corrected chi connectivity index (χ0v) is 20.5. The summed E-state index contributed by atoms with van der Waals surface area (Å²) in [5, 5.41) is 6.23.